The lowest BCUT2D eigenvalue weighted by Gasteiger charge is -2.24. The molecule has 0 unspecified atom stereocenters. The summed E-state index contributed by atoms with van der Waals surface area (Å²) in [6.07, 6.45) is 2.05. The number of halogens is 1. The number of carbonyl (C=O) groups is 1. The number of ether oxygens (including phenoxy) is 2. The normalized spacial score (nSPS) is 16.7. The highest BCUT2D eigenvalue weighted by Crippen LogP contribution is 2.25. The summed E-state index contributed by atoms with van der Waals surface area (Å²) < 4.78 is 11.3. The Labute approximate surface area is 131 Å². The van der Waals surface area contributed by atoms with Gasteiger partial charge < -0.3 is 20.5 Å². The van der Waals surface area contributed by atoms with E-state index in [2.05, 4.69) is 5.32 Å². The minimum Gasteiger partial charge on any atom is -0.490 e. The minimum atomic E-state index is -0.520. The highest BCUT2D eigenvalue weighted by atomic mass is 35.5. The van der Waals surface area contributed by atoms with Crippen molar-refractivity contribution in [3.63, 3.8) is 0 Å². The van der Waals surface area contributed by atoms with Crippen molar-refractivity contribution in [1.29, 1.82) is 0 Å². The van der Waals surface area contributed by atoms with Crippen molar-refractivity contribution in [2.75, 3.05) is 18.5 Å². The van der Waals surface area contributed by atoms with E-state index in [0.29, 0.717) is 0 Å². The van der Waals surface area contributed by atoms with Crippen LogP contribution in [0.15, 0.2) is 18.2 Å². The molecule has 2 rings (SSSR count). The molecule has 21 heavy (non-hydrogen) atoms. The number of hydrogen-bond acceptors (Lipinski definition) is 4. The molecular weight excluding hydrogens is 292 g/mol. The van der Waals surface area contributed by atoms with Gasteiger partial charge in [0, 0.05) is 18.5 Å². The molecule has 5 nitrogen and oxygen atoms in total. The van der Waals surface area contributed by atoms with Gasteiger partial charge in [0.15, 0.2) is 0 Å². The molecule has 0 saturated carbocycles. The van der Waals surface area contributed by atoms with Gasteiger partial charge in [0.25, 0.3) is 0 Å². The van der Waals surface area contributed by atoms with Crippen LogP contribution in [-0.2, 0) is 9.53 Å². The molecule has 1 atom stereocenters. The monoisotopic (exact) mass is 314 g/mol. The van der Waals surface area contributed by atoms with Crippen LogP contribution in [0.25, 0.3) is 0 Å². The zero-order chi connectivity index (χ0) is 14.5. The Balaban J connectivity index is 0.00000220. The first-order chi connectivity index (χ1) is 9.56. The van der Waals surface area contributed by atoms with Crippen LogP contribution < -0.4 is 15.8 Å². The van der Waals surface area contributed by atoms with E-state index in [1.807, 2.05) is 25.1 Å². The number of benzene rings is 1. The highest BCUT2D eigenvalue weighted by Gasteiger charge is 2.16. The maximum atomic E-state index is 11.5. The second kappa shape index (κ2) is 8.22. The predicted octanol–water partition coefficient (Wildman–Crippen LogP) is 2.26. The van der Waals surface area contributed by atoms with Crippen LogP contribution in [-0.4, -0.2) is 31.3 Å². The van der Waals surface area contributed by atoms with Crippen molar-refractivity contribution >= 4 is 24.0 Å². The second-order valence-electron chi connectivity index (χ2n) is 5.19. The maximum Gasteiger partial charge on any atom is 0.240 e. The van der Waals surface area contributed by atoms with Crippen LogP contribution in [0.5, 0.6) is 5.75 Å². The summed E-state index contributed by atoms with van der Waals surface area (Å²) >= 11 is 0. The lowest BCUT2D eigenvalue weighted by Crippen LogP contribution is -2.32. The van der Waals surface area contributed by atoms with E-state index in [0.717, 1.165) is 43.1 Å². The molecule has 0 aromatic heterocycles. The molecule has 1 amide bonds. The summed E-state index contributed by atoms with van der Waals surface area (Å²) in [5.74, 6) is 0.665. The highest BCUT2D eigenvalue weighted by molar-refractivity contribution is 5.94. The molecule has 0 spiro atoms. The first kappa shape index (κ1) is 17.8. The molecule has 1 aliphatic heterocycles. The van der Waals surface area contributed by atoms with Crippen molar-refractivity contribution in [2.45, 2.75) is 38.8 Å². The third-order valence-corrected chi connectivity index (χ3v) is 3.32. The van der Waals surface area contributed by atoms with Gasteiger partial charge >= 0.3 is 0 Å². The minimum absolute atomic E-state index is 0. The first-order valence-corrected chi connectivity index (χ1v) is 6.98. The summed E-state index contributed by atoms with van der Waals surface area (Å²) in [6, 6.07) is 5.10. The fourth-order valence-electron chi connectivity index (χ4n) is 2.09. The van der Waals surface area contributed by atoms with Gasteiger partial charge in [-0.1, -0.05) is 0 Å². The third-order valence-electron chi connectivity index (χ3n) is 3.32. The van der Waals surface area contributed by atoms with Gasteiger partial charge in [-0.2, -0.15) is 0 Å². The number of nitrogens with one attached hydrogen (secondary N) is 1. The molecule has 0 bridgehead atoms. The lowest BCUT2D eigenvalue weighted by molar-refractivity contribution is -0.117. The van der Waals surface area contributed by atoms with E-state index in [1.54, 1.807) is 6.92 Å². The van der Waals surface area contributed by atoms with E-state index in [4.69, 9.17) is 15.2 Å². The Kier molecular flexibility index (Phi) is 6.95. The summed E-state index contributed by atoms with van der Waals surface area (Å²) in [5.41, 5.74) is 7.27. The van der Waals surface area contributed by atoms with Gasteiger partial charge in [-0.25, -0.2) is 0 Å². The summed E-state index contributed by atoms with van der Waals surface area (Å²) in [4.78, 5) is 11.5. The van der Waals surface area contributed by atoms with Crippen LogP contribution in [0.3, 0.4) is 0 Å². The summed E-state index contributed by atoms with van der Waals surface area (Å²) in [6.45, 7) is 5.14. The average Bonchev–Trinajstić information content (AvgIpc) is 2.43. The van der Waals surface area contributed by atoms with Crippen molar-refractivity contribution in [2.24, 2.45) is 5.73 Å². The van der Waals surface area contributed by atoms with E-state index < -0.39 is 6.04 Å². The number of amides is 1. The van der Waals surface area contributed by atoms with Crippen LogP contribution in [0.4, 0.5) is 5.69 Å². The topological polar surface area (TPSA) is 73.6 Å². The smallest absolute Gasteiger partial charge is 0.240 e. The molecule has 1 aromatic rings. The zero-order valence-electron chi connectivity index (χ0n) is 12.4. The number of anilines is 1. The molecule has 1 heterocycles. The van der Waals surface area contributed by atoms with E-state index >= 15 is 0 Å². The summed E-state index contributed by atoms with van der Waals surface area (Å²) in [5, 5.41) is 2.77. The SMILES string of the molecule is Cc1cc(NC(=O)[C@H](C)N)ccc1OC1CCOCC1.Cl. The van der Waals surface area contributed by atoms with Crippen LogP contribution in [0, 0.1) is 6.92 Å². The molecular formula is C15H23ClN2O3. The molecule has 1 aliphatic rings. The Bertz CT molecular complexity index is 474. The van der Waals surface area contributed by atoms with E-state index in [1.165, 1.54) is 0 Å². The lowest BCUT2D eigenvalue weighted by atomic mass is 10.1. The van der Waals surface area contributed by atoms with E-state index in [-0.39, 0.29) is 24.4 Å². The van der Waals surface area contributed by atoms with Crippen molar-refractivity contribution < 1.29 is 14.3 Å². The van der Waals surface area contributed by atoms with Gasteiger partial charge in [0.2, 0.25) is 5.91 Å². The number of carbonyl (C=O) groups excluding carboxylic acids is 1. The van der Waals surface area contributed by atoms with Crippen LogP contribution in [0.1, 0.15) is 25.3 Å². The quantitative estimate of drug-likeness (QED) is 0.894. The number of aryl methyl sites for hydroxylation is 1. The Morgan fingerprint density at radius 2 is 2.10 bits per heavy atom. The largest absolute Gasteiger partial charge is 0.490 e. The Morgan fingerprint density at radius 3 is 2.67 bits per heavy atom. The average molecular weight is 315 g/mol. The van der Waals surface area contributed by atoms with Gasteiger partial charge in [-0.05, 0) is 37.6 Å². The molecule has 118 valence electrons. The molecule has 1 fully saturated rings. The van der Waals surface area contributed by atoms with Crippen molar-refractivity contribution in [3.05, 3.63) is 23.8 Å². The number of rotatable bonds is 4. The molecule has 0 aliphatic carbocycles. The van der Waals surface area contributed by atoms with Crippen molar-refractivity contribution in [1.82, 2.24) is 0 Å². The number of hydrogen-bond donors (Lipinski definition) is 2. The van der Waals surface area contributed by atoms with Gasteiger partial charge in [0.05, 0.1) is 19.3 Å². The predicted molar refractivity (Wildman–Crippen MR) is 85.2 cm³/mol. The van der Waals surface area contributed by atoms with E-state index in [9.17, 15) is 4.79 Å². The number of nitrogens with two attached hydrogens (primary N) is 1. The van der Waals surface area contributed by atoms with Crippen LogP contribution in [0.2, 0.25) is 0 Å². The van der Waals surface area contributed by atoms with Gasteiger partial charge in [0.1, 0.15) is 11.9 Å². The second-order valence-corrected chi connectivity index (χ2v) is 5.19. The molecule has 6 heteroatoms. The van der Waals surface area contributed by atoms with Crippen LogP contribution >= 0.6 is 12.4 Å². The summed E-state index contributed by atoms with van der Waals surface area (Å²) in [7, 11) is 0. The van der Waals surface area contributed by atoms with Gasteiger partial charge in [-0.15, -0.1) is 12.4 Å². The molecule has 1 aromatic carbocycles. The Hall–Kier alpha value is -1.30. The van der Waals surface area contributed by atoms with Gasteiger partial charge in [-0.3, -0.25) is 4.79 Å². The Morgan fingerprint density at radius 1 is 1.43 bits per heavy atom. The molecule has 3 N–H and O–H groups in total. The fourth-order valence-corrected chi connectivity index (χ4v) is 2.09. The fraction of sp³-hybridized carbons (Fsp3) is 0.533. The molecule has 1 saturated heterocycles. The molecule has 0 radical (unpaired) electrons. The van der Waals surface area contributed by atoms with Crippen molar-refractivity contribution in [3.8, 4) is 5.75 Å². The standard InChI is InChI=1S/C15H22N2O3.ClH/c1-10-9-12(17-15(18)11(2)16)3-4-14(10)20-13-5-7-19-8-6-13;/h3-4,9,11,13H,5-8,16H2,1-2H3,(H,17,18);1H/t11-;/m0./s1. The first-order valence-electron chi connectivity index (χ1n) is 6.98. The zero-order valence-corrected chi connectivity index (χ0v) is 13.2. The third kappa shape index (κ3) is 5.19. The maximum absolute atomic E-state index is 11.5.